The van der Waals surface area contributed by atoms with Gasteiger partial charge in [0.25, 0.3) is 5.56 Å². The third-order valence-electron chi connectivity index (χ3n) is 5.66. The van der Waals surface area contributed by atoms with E-state index in [2.05, 4.69) is 16.0 Å². The van der Waals surface area contributed by atoms with E-state index in [1.807, 2.05) is 41.3 Å². The minimum absolute atomic E-state index is 0.0716. The fourth-order valence-electron chi connectivity index (χ4n) is 3.91. The third-order valence-corrected chi connectivity index (χ3v) is 5.89. The van der Waals surface area contributed by atoms with Crippen LogP contribution < -0.4 is 5.56 Å². The van der Waals surface area contributed by atoms with Crippen LogP contribution in [-0.4, -0.2) is 51.4 Å². The summed E-state index contributed by atoms with van der Waals surface area (Å²) in [7, 11) is 1.72. The van der Waals surface area contributed by atoms with Gasteiger partial charge in [-0.3, -0.25) is 19.1 Å². The molecule has 1 amide bonds. The highest BCUT2D eigenvalue weighted by atomic mass is 35.5. The number of rotatable bonds is 5. The Morgan fingerprint density at radius 2 is 1.83 bits per heavy atom. The molecule has 0 aliphatic carbocycles. The van der Waals surface area contributed by atoms with Crippen LogP contribution in [0.2, 0.25) is 5.02 Å². The van der Waals surface area contributed by atoms with Crippen LogP contribution in [0, 0.1) is 0 Å². The molecule has 6 nitrogen and oxygen atoms in total. The van der Waals surface area contributed by atoms with Gasteiger partial charge < -0.3 is 4.90 Å². The van der Waals surface area contributed by atoms with Crippen LogP contribution >= 0.6 is 11.6 Å². The standard InChI is InChI=1S/C23H25ClN4O2/c1-26-21(25-20-8-3-2-7-19(20)23(26)30)9-10-22(29)28-13-11-27(12-14-28)16-17-5-4-6-18(24)15-17/h2-8,15H,9-14,16H2,1H3. The molecule has 30 heavy (non-hydrogen) atoms. The number of hydrogen-bond acceptors (Lipinski definition) is 4. The smallest absolute Gasteiger partial charge is 0.261 e. The summed E-state index contributed by atoms with van der Waals surface area (Å²) < 4.78 is 1.55. The summed E-state index contributed by atoms with van der Waals surface area (Å²) in [5, 5.41) is 1.35. The van der Waals surface area contributed by atoms with E-state index in [0.717, 1.165) is 24.7 Å². The van der Waals surface area contributed by atoms with Gasteiger partial charge in [-0.25, -0.2) is 4.98 Å². The summed E-state index contributed by atoms with van der Waals surface area (Å²) in [5.41, 5.74) is 1.79. The summed E-state index contributed by atoms with van der Waals surface area (Å²) >= 11 is 6.07. The number of carbonyl (C=O) groups is 1. The summed E-state index contributed by atoms with van der Waals surface area (Å²) in [6.07, 6.45) is 0.811. The number of halogens is 1. The lowest BCUT2D eigenvalue weighted by Gasteiger charge is -2.34. The second-order valence-corrected chi connectivity index (χ2v) is 8.13. The van der Waals surface area contributed by atoms with Crippen molar-refractivity contribution in [2.24, 2.45) is 7.05 Å². The Morgan fingerprint density at radius 3 is 2.60 bits per heavy atom. The van der Waals surface area contributed by atoms with Crippen LogP contribution in [0.1, 0.15) is 17.8 Å². The van der Waals surface area contributed by atoms with Crippen LogP contribution in [0.15, 0.2) is 53.3 Å². The van der Waals surface area contributed by atoms with Crippen LogP contribution in [-0.2, 0) is 24.8 Å². The van der Waals surface area contributed by atoms with Crippen LogP contribution in [0.3, 0.4) is 0 Å². The highest BCUT2D eigenvalue weighted by Gasteiger charge is 2.21. The number of hydrogen-bond donors (Lipinski definition) is 0. The van der Waals surface area contributed by atoms with E-state index < -0.39 is 0 Å². The molecule has 0 saturated carbocycles. The fourth-order valence-corrected chi connectivity index (χ4v) is 4.13. The first-order valence-corrected chi connectivity index (χ1v) is 10.6. The summed E-state index contributed by atoms with van der Waals surface area (Å²) in [6.45, 7) is 3.94. The largest absolute Gasteiger partial charge is 0.340 e. The molecule has 0 atom stereocenters. The first-order chi connectivity index (χ1) is 14.5. The van der Waals surface area contributed by atoms with Gasteiger partial charge in [-0.1, -0.05) is 35.9 Å². The van der Waals surface area contributed by atoms with E-state index >= 15 is 0 Å². The molecule has 0 radical (unpaired) electrons. The van der Waals surface area contributed by atoms with Crippen molar-refractivity contribution in [1.82, 2.24) is 19.4 Å². The van der Waals surface area contributed by atoms with Crippen molar-refractivity contribution < 1.29 is 4.79 Å². The lowest BCUT2D eigenvalue weighted by molar-refractivity contribution is -0.133. The average molecular weight is 425 g/mol. The number of aromatic nitrogens is 2. The van der Waals surface area contributed by atoms with E-state index in [4.69, 9.17) is 11.6 Å². The van der Waals surface area contributed by atoms with Gasteiger partial charge in [0, 0.05) is 57.6 Å². The highest BCUT2D eigenvalue weighted by molar-refractivity contribution is 6.30. The molecule has 2 heterocycles. The van der Waals surface area contributed by atoms with Gasteiger partial charge in [0.1, 0.15) is 5.82 Å². The Hall–Kier alpha value is -2.70. The van der Waals surface area contributed by atoms with Gasteiger partial charge in [-0.05, 0) is 29.8 Å². The molecule has 2 aromatic carbocycles. The monoisotopic (exact) mass is 424 g/mol. The number of aryl methyl sites for hydroxylation is 1. The molecule has 1 fully saturated rings. The molecule has 1 aliphatic rings. The van der Waals surface area contributed by atoms with Crippen molar-refractivity contribution in [3.05, 3.63) is 75.3 Å². The molecule has 4 rings (SSSR count). The van der Waals surface area contributed by atoms with Crippen LogP contribution in [0.25, 0.3) is 10.9 Å². The Labute approximate surface area is 180 Å². The number of para-hydroxylation sites is 1. The molecular formula is C23H25ClN4O2. The van der Waals surface area contributed by atoms with Crippen LogP contribution in [0.5, 0.6) is 0 Å². The fraction of sp³-hybridized carbons (Fsp3) is 0.348. The molecule has 1 aromatic heterocycles. The van der Waals surface area contributed by atoms with Crippen LogP contribution in [0.4, 0.5) is 0 Å². The molecular weight excluding hydrogens is 400 g/mol. The molecule has 156 valence electrons. The maximum absolute atomic E-state index is 12.7. The Bertz CT molecular complexity index is 1120. The minimum Gasteiger partial charge on any atom is -0.340 e. The minimum atomic E-state index is -0.0716. The zero-order chi connectivity index (χ0) is 21.1. The number of carbonyl (C=O) groups excluding carboxylic acids is 1. The predicted molar refractivity (Wildman–Crippen MR) is 119 cm³/mol. The lowest BCUT2D eigenvalue weighted by Crippen LogP contribution is -2.48. The molecule has 1 aliphatic heterocycles. The first-order valence-electron chi connectivity index (χ1n) is 10.2. The van der Waals surface area contributed by atoms with Gasteiger partial charge >= 0.3 is 0 Å². The summed E-state index contributed by atoms with van der Waals surface area (Å²) in [4.78, 5) is 34.1. The second-order valence-electron chi connectivity index (χ2n) is 7.70. The Kier molecular flexibility index (Phi) is 6.16. The van der Waals surface area contributed by atoms with Crippen molar-refractivity contribution in [2.45, 2.75) is 19.4 Å². The van der Waals surface area contributed by atoms with Crippen molar-refractivity contribution >= 4 is 28.4 Å². The van der Waals surface area contributed by atoms with Gasteiger partial charge in [0.2, 0.25) is 5.91 Å². The predicted octanol–water partition coefficient (Wildman–Crippen LogP) is 2.86. The number of piperazine rings is 1. The molecule has 7 heteroatoms. The normalized spacial score (nSPS) is 14.9. The zero-order valence-corrected chi connectivity index (χ0v) is 17.8. The molecule has 0 spiro atoms. The summed E-state index contributed by atoms with van der Waals surface area (Å²) in [6, 6.07) is 15.2. The molecule has 0 bridgehead atoms. The van der Waals surface area contributed by atoms with Crippen molar-refractivity contribution in [3.8, 4) is 0 Å². The topological polar surface area (TPSA) is 58.4 Å². The van der Waals surface area contributed by atoms with Gasteiger partial charge in [-0.15, -0.1) is 0 Å². The van der Waals surface area contributed by atoms with E-state index in [1.165, 1.54) is 5.56 Å². The summed E-state index contributed by atoms with van der Waals surface area (Å²) in [5.74, 6) is 0.756. The number of amides is 1. The quantitative estimate of drug-likeness (QED) is 0.632. The lowest BCUT2D eigenvalue weighted by atomic mass is 10.2. The maximum Gasteiger partial charge on any atom is 0.261 e. The molecule has 0 N–H and O–H groups in total. The van der Waals surface area contributed by atoms with Gasteiger partial charge in [0.15, 0.2) is 0 Å². The number of benzene rings is 2. The molecule has 3 aromatic rings. The SMILES string of the molecule is Cn1c(CCC(=O)N2CCN(Cc3cccc(Cl)c3)CC2)nc2ccccc2c1=O. The third kappa shape index (κ3) is 4.55. The zero-order valence-electron chi connectivity index (χ0n) is 17.1. The first kappa shape index (κ1) is 20.6. The Morgan fingerprint density at radius 1 is 1.07 bits per heavy atom. The number of nitrogens with zero attached hydrogens (tertiary/aromatic N) is 4. The van der Waals surface area contributed by atoms with Gasteiger partial charge in [-0.2, -0.15) is 0 Å². The average Bonchev–Trinajstić information content (AvgIpc) is 2.75. The van der Waals surface area contributed by atoms with E-state index in [0.29, 0.717) is 42.7 Å². The van der Waals surface area contributed by atoms with Crippen molar-refractivity contribution in [1.29, 1.82) is 0 Å². The highest BCUT2D eigenvalue weighted by Crippen LogP contribution is 2.15. The maximum atomic E-state index is 12.7. The van der Waals surface area contributed by atoms with E-state index in [-0.39, 0.29) is 11.5 Å². The molecule has 0 unspecified atom stereocenters. The van der Waals surface area contributed by atoms with Gasteiger partial charge in [0.05, 0.1) is 10.9 Å². The van der Waals surface area contributed by atoms with E-state index in [1.54, 1.807) is 17.7 Å². The Balaban J connectivity index is 1.33. The number of fused-ring (bicyclic) bond motifs is 1. The second kappa shape index (κ2) is 8.98. The molecule has 1 saturated heterocycles. The van der Waals surface area contributed by atoms with E-state index in [9.17, 15) is 9.59 Å². The van der Waals surface area contributed by atoms with Crippen molar-refractivity contribution in [3.63, 3.8) is 0 Å². The van der Waals surface area contributed by atoms with Crippen molar-refractivity contribution in [2.75, 3.05) is 26.2 Å².